The van der Waals surface area contributed by atoms with E-state index in [1.807, 2.05) is 0 Å². The number of fused-ring (bicyclic) bond motifs is 2. The van der Waals surface area contributed by atoms with Crippen LogP contribution in [0.3, 0.4) is 0 Å². The highest BCUT2D eigenvalue weighted by Crippen LogP contribution is 2.44. The van der Waals surface area contributed by atoms with Crippen molar-refractivity contribution in [2.45, 2.75) is 37.8 Å². The molecular formula is C20H28N2O6. The SMILES string of the molecule is COc1cc(C(=O)NC(CO)C(=O)NC2CC3CCC2C3)cc(OC)c1OC. The number of aliphatic hydroxyl groups is 1. The van der Waals surface area contributed by atoms with Crippen molar-refractivity contribution < 1.29 is 28.9 Å². The van der Waals surface area contributed by atoms with Gasteiger partial charge in [-0.1, -0.05) is 6.42 Å². The average molecular weight is 392 g/mol. The van der Waals surface area contributed by atoms with Crippen molar-refractivity contribution in [3.05, 3.63) is 17.7 Å². The van der Waals surface area contributed by atoms with Crippen LogP contribution >= 0.6 is 0 Å². The molecule has 2 amide bonds. The van der Waals surface area contributed by atoms with E-state index in [-0.39, 0.29) is 17.5 Å². The fourth-order valence-corrected chi connectivity index (χ4v) is 4.35. The maximum atomic E-state index is 12.7. The summed E-state index contributed by atoms with van der Waals surface area (Å²) >= 11 is 0. The smallest absolute Gasteiger partial charge is 0.252 e. The largest absolute Gasteiger partial charge is 0.493 e. The van der Waals surface area contributed by atoms with Crippen LogP contribution in [0.15, 0.2) is 12.1 Å². The summed E-state index contributed by atoms with van der Waals surface area (Å²) in [4.78, 5) is 25.2. The van der Waals surface area contributed by atoms with E-state index >= 15 is 0 Å². The first-order valence-electron chi connectivity index (χ1n) is 9.52. The van der Waals surface area contributed by atoms with E-state index in [0.29, 0.717) is 29.1 Å². The Balaban J connectivity index is 1.68. The number of carbonyl (C=O) groups excluding carboxylic acids is 2. The summed E-state index contributed by atoms with van der Waals surface area (Å²) < 4.78 is 15.7. The Labute approximate surface area is 164 Å². The number of amides is 2. The van der Waals surface area contributed by atoms with Gasteiger partial charge in [0.2, 0.25) is 11.7 Å². The predicted molar refractivity (Wildman–Crippen MR) is 102 cm³/mol. The minimum absolute atomic E-state index is 0.137. The van der Waals surface area contributed by atoms with Crippen LogP contribution in [-0.2, 0) is 4.79 Å². The lowest BCUT2D eigenvalue weighted by atomic mass is 9.95. The number of hydrogen-bond donors (Lipinski definition) is 3. The molecule has 0 aromatic heterocycles. The molecular weight excluding hydrogens is 364 g/mol. The minimum Gasteiger partial charge on any atom is -0.493 e. The zero-order valence-electron chi connectivity index (χ0n) is 16.5. The van der Waals surface area contributed by atoms with Gasteiger partial charge in [0.05, 0.1) is 27.9 Å². The predicted octanol–water partition coefficient (Wildman–Crippen LogP) is 1.11. The molecule has 28 heavy (non-hydrogen) atoms. The average Bonchev–Trinajstić information content (AvgIpc) is 3.33. The van der Waals surface area contributed by atoms with Gasteiger partial charge in [-0.25, -0.2) is 0 Å². The number of nitrogens with one attached hydrogen (secondary N) is 2. The van der Waals surface area contributed by atoms with Crippen molar-refractivity contribution in [1.29, 1.82) is 0 Å². The molecule has 154 valence electrons. The van der Waals surface area contributed by atoms with E-state index in [1.54, 1.807) is 0 Å². The van der Waals surface area contributed by atoms with Crippen LogP contribution in [0.1, 0.15) is 36.0 Å². The molecule has 3 N–H and O–H groups in total. The van der Waals surface area contributed by atoms with E-state index in [9.17, 15) is 14.7 Å². The van der Waals surface area contributed by atoms with Crippen molar-refractivity contribution in [2.75, 3.05) is 27.9 Å². The number of methoxy groups -OCH3 is 3. The van der Waals surface area contributed by atoms with E-state index in [4.69, 9.17) is 14.2 Å². The van der Waals surface area contributed by atoms with Crippen LogP contribution in [0.4, 0.5) is 0 Å². The highest BCUT2D eigenvalue weighted by Gasteiger charge is 2.40. The standard InChI is InChI=1S/C20H28N2O6/c1-26-16-8-13(9-17(27-2)18(16)28-3)19(24)22-15(10-23)20(25)21-14-7-11-4-5-12(14)6-11/h8-9,11-12,14-15,23H,4-7,10H2,1-3H3,(H,21,25)(H,22,24). The molecule has 0 spiro atoms. The van der Waals surface area contributed by atoms with Crippen LogP contribution < -0.4 is 24.8 Å². The van der Waals surface area contributed by atoms with Crippen LogP contribution in [-0.4, -0.2) is 56.9 Å². The van der Waals surface area contributed by atoms with Crippen molar-refractivity contribution in [2.24, 2.45) is 11.8 Å². The van der Waals surface area contributed by atoms with Crippen molar-refractivity contribution >= 4 is 11.8 Å². The normalized spacial score (nSPS) is 23.8. The van der Waals surface area contributed by atoms with Gasteiger partial charge in [-0.05, 0) is 43.2 Å². The van der Waals surface area contributed by atoms with Crippen LogP contribution in [0.25, 0.3) is 0 Å². The molecule has 2 fully saturated rings. The molecule has 0 aliphatic heterocycles. The molecule has 0 heterocycles. The number of ether oxygens (including phenoxy) is 3. The Kier molecular flexibility index (Phi) is 6.28. The molecule has 1 aromatic rings. The second-order valence-electron chi connectivity index (χ2n) is 7.41. The Morgan fingerprint density at radius 2 is 1.79 bits per heavy atom. The molecule has 1 aromatic carbocycles. The van der Waals surface area contributed by atoms with Gasteiger partial charge in [-0.15, -0.1) is 0 Å². The number of benzene rings is 1. The van der Waals surface area contributed by atoms with Gasteiger partial charge in [0.25, 0.3) is 5.91 Å². The van der Waals surface area contributed by atoms with Crippen LogP contribution in [0.5, 0.6) is 17.2 Å². The molecule has 0 saturated heterocycles. The molecule has 0 radical (unpaired) electrons. The Morgan fingerprint density at radius 3 is 2.25 bits per heavy atom. The van der Waals surface area contributed by atoms with E-state index in [0.717, 1.165) is 19.3 Å². The Bertz CT molecular complexity index is 712. The summed E-state index contributed by atoms with van der Waals surface area (Å²) in [6, 6.07) is 2.11. The topological polar surface area (TPSA) is 106 Å². The van der Waals surface area contributed by atoms with Gasteiger partial charge < -0.3 is 30.0 Å². The van der Waals surface area contributed by atoms with Gasteiger partial charge >= 0.3 is 0 Å². The third-order valence-corrected chi connectivity index (χ3v) is 5.80. The highest BCUT2D eigenvalue weighted by atomic mass is 16.5. The first-order valence-corrected chi connectivity index (χ1v) is 9.52. The first kappa shape index (κ1) is 20.3. The first-order chi connectivity index (χ1) is 13.5. The molecule has 4 atom stereocenters. The van der Waals surface area contributed by atoms with E-state index < -0.39 is 18.6 Å². The van der Waals surface area contributed by atoms with Gasteiger partial charge in [0.1, 0.15) is 6.04 Å². The number of rotatable bonds is 8. The van der Waals surface area contributed by atoms with E-state index in [1.165, 1.54) is 39.9 Å². The monoisotopic (exact) mass is 392 g/mol. The van der Waals surface area contributed by atoms with Crippen molar-refractivity contribution in [3.63, 3.8) is 0 Å². The van der Waals surface area contributed by atoms with Crippen LogP contribution in [0.2, 0.25) is 0 Å². The molecule has 3 rings (SSSR count). The minimum atomic E-state index is -1.02. The van der Waals surface area contributed by atoms with Gasteiger partial charge in [0.15, 0.2) is 11.5 Å². The third kappa shape index (κ3) is 4.01. The summed E-state index contributed by atoms with van der Waals surface area (Å²) in [5, 5.41) is 15.2. The van der Waals surface area contributed by atoms with Gasteiger partial charge in [-0.2, -0.15) is 0 Å². The Morgan fingerprint density at radius 1 is 1.11 bits per heavy atom. The molecule has 2 aliphatic rings. The molecule has 8 nitrogen and oxygen atoms in total. The summed E-state index contributed by atoms with van der Waals surface area (Å²) in [5.41, 5.74) is 0.237. The lowest BCUT2D eigenvalue weighted by Gasteiger charge is -2.25. The summed E-state index contributed by atoms with van der Waals surface area (Å²) in [5.74, 6) is 1.37. The maximum absolute atomic E-state index is 12.7. The molecule has 4 unspecified atom stereocenters. The number of carbonyl (C=O) groups is 2. The summed E-state index contributed by atoms with van der Waals surface area (Å²) in [6.45, 7) is -0.483. The molecule has 2 bridgehead atoms. The zero-order chi connectivity index (χ0) is 20.3. The maximum Gasteiger partial charge on any atom is 0.252 e. The zero-order valence-corrected chi connectivity index (χ0v) is 16.5. The van der Waals surface area contributed by atoms with Crippen molar-refractivity contribution in [3.8, 4) is 17.2 Å². The second kappa shape index (κ2) is 8.68. The quantitative estimate of drug-likeness (QED) is 0.612. The summed E-state index contributed by atoms with van der Waals surface area (Å²) in [7, 11) is 4.39. The van der Waals surface area contributed by atoms with Crippen LogP contribution in [0, 0.1) is 11.8 Å². The molecule has 8 heteroatoms. The lowest BCUT2D eigenvalue weighted by molar-refractivity contribution is -0.124. The second-order valence-corrected chi connectivity index (χ2v) is 7.41. The molecule has 2 aliphatic carbocycles. The molecule has 2 saturated carbocycles. The summed E-state index contributed by atoms with van der Waals surface area (Å²) in [6.07, 6.45) is 4.51. The van der Waals surface area contributed by atoms with Gasteiger partial charge in [0, 0.05) is 11.6 Å². The number of hydrogen-bond acceptors (Lipinski definition) is 6. The third-order valence-electron chi connectivity index (χ3n) is 5.80. The fourth-order valence-electron chi connectivity index (χ4n) is 4.35. The number of aliphatic hydroxyl groups excluding tert-OH is 1. The highest BCUT2D eigenvalue weighted by molar-refractivity contribution is 5.98. The Hall–Kier alpha value is -2.48. The van der Waals surface area contributed by atoms with Crippen molar-refractivity contribution in [1.82, 2.24) is 10.6 Å². The lowest BCUT2D eigenvalue weighted by Crippen LogP contribution is -2.52. The fraction of sp³-hybridized carbons (Fsp3) is 0.600. The van der Waals surface area contributed by atoms with Gasteiger partial charge in [-0.3, -0.25) is 9.59 Å². The van der Waals surface area contributed by atoms with E-state index in [2.05, 4.69) is 10.6 Å².